The summed E-state index contributed by atoms with van der Waals surface area (Å²) in [6.45, 7) is 0.757. The largest absolute Gasteiger partial charge is 0.494 e. The minimum Gasteiger partial charge on any atom is -0.494 e. The lowest BCUT2D eigenvalue weighted by Crippen LogP contribution is -2.28. The maximum Gasteiger partial charge on any atom is 0.337 e. The zero-order chi connectivity index (χ0) is 27.3. The van der Waals surface area contributed by atoms with Crippen LogP contribution in [0.2, 0.25) is 0 Å². The lowest BCUT2D eigenvalue weighted by Gasteiger charge is -2.11. The molecule has 3 aromatic carbocycles. The van der Waals surface area contributed by atoms with E-state index >= 15 is 0 Å². The first kappa shape index (κ1) is 27.0. The minimum absolute atomic E-state index is 0.0212. The van der Waals surface area contributed by atoms with Crippen molar-refractivity contribution in [3.8, 4) is 5.88 Å². The molecule has 0 saturated carbocycles. The molecule has 0 unspecified atom stereocenters. The first-order valence-corrected chi connectivity index (χ1v) is 13.1. The average Bonchev–Trinajstić information content (AvgIpc) is 3.24. The summed E-state index contributed by atoms with van der Waals surface area (Å²) in [5.74, 6) is -0.616. The Labute approximate surface area is 220 Å². The van der Waals surface area contributed by atoms with Gasteiger partial charge in [0.05, 0.1) is 41.1 Å². The first-order valence-electron chi connectivity index (χ1n) is 11.7. The van der Waals surface area contributed by atoms with Crippen LogP contribution in [-0.4, -0.2) is 69.4 Å². The molecule has 198 valence electrons. The van der Waals surface area contributed by atoms with Crippen LogP contribution < -0.4 is 4.89 Å². The number of fused-ring (bicyclic) bond motifs is 1. The number of methoxy groups -OCH3 is 1. The van der Waals surface area contributed by atoms with E-state index in [9.17, 15) is 18.3 Å². The maximum absolute atomic E-state index is 12.6. The average molecular weight is 537 g/mol. The van der Waals surface area contributed by atoms with Crippen LogP contribution in [0.1, 0.15) is 21.5 Å². The van der Waals surface area contributed by atoms with Crippen LogP contribution in [0.4, 0.5) is 5.69 Å². The number of ether oxygens (including phenoxy) is 1. The fourth-order valence-electron chi connectivity index (χ4n) is 3.75. The van der Waals surface area contributed by atoms with Crippen LogP contribution in [0.3, 0.4) is 0 Å². The van der Waals surface area contributed by atoms with Crippen molar-refractivity contribution in [2.45, 2.75) is 4.90 Å². The van der Waals surface area contributed by atoms with E-state index in [0.717, 1.165) is 5.56 Å². The number of aromatic nitrogens is 1. The van der Waals surface area contributed by atoms with Gasteiger partial charge in [-0.25, -0.2) is 18.2 Å². The Morgan fingerprint density at radius 2 is 1.74 bits per heavy atom. The number of esters is 1. The molecule has 11 heteroatoms. The van der Waals surface area contributed by atoms with Gasteiger partial charge in [0.1, 0.15) is 0 Å². The van der Waals surface area contributed by atoms with Crippen LogP contribution in [0.25, 0.3) is 10.9 Å². The normalized spacial score (nSPS) is 12.3. The predicted molar refractivity (Wildman–Crippen MR) is 144 cm³/mol. The monoisotopic (exact) mass is 536 g/mol. The molecule has 0 aliphatic rings. The van der Waals surface area contributed by atoms with Crippen molar-refractivity contribution in [1.82, 2.24) is 14.8 Å². The Balaban J connectivity index is 1.71. The molecule has 4 rings (SSSR count). The van der Waals surface area contributed by atoms with Gasteiger partial charge in [0, 0.05) is 23.0 Å². The first-order chi connectivity index (χ1) is 18.2. The van der Waals surface area contributed by atoms with E-state index in [0.29, 0.717) is 40.0 Å². The van der Waals surface area contributed by atoms with E-state index in [1.165, 1.54) is 19.2 Å². The van der Waals surface area contributed by atoms with Gasteiger partial charge in [-0.1, -0.05) is 41.3 Å². The fourth-order valence-corrected chi connectivity index (χ4v) is 4.58. The van der Waals surface area contributed by atoms with Gasteiger partial charge in [0.15, 0.2) is 5.88 Å². The molecular formula is C27H28N4O6S. The molecule has 3 N–H and O–H groups in total. The molecule has 0 spiro atoms. The number of nitrogens with one attached hydrogen (secondary N) is 2. The third-order valence-electron chi connectivity index (χ3n) is 5.68. The zero-order valence-electron chi connectivity index (χ0n) is 21.1. The number of rotatable bonds is 10. The quantitative estimate of drug-likeness (QED) is 0.122. The highest BCUT2D eigenvalue weighted by molar-refractivity contribution is 7.89. The summed E-state index contributed by atoms with van der Waals surface area (Å²) in [5.41, 5.74) is 2.97. The number of H-pyrrole nitrogens is 1. The number of likely N-dealkylation sites (N-methyl/N-ethyl adjacent to an activating group) is 1. The maximum atomic E-state index is 12.6. The topological polar surface area (TPSA) is 133 Å². The molecule has 0 atom stereocenters. The Morgan fingerprint density at radius 1 is 1.03 bits per heavy atom. The van der Waals surface area contributed by atoms with Crippen molar-refractivity contribution in [1.29, 1.82) is 0 Å². The molecule has 0 saturated heterocycles. The summed E-state index contributed by atoms with van der Waals surface area (Å²) >= 11 is 0. The molecule has 0 fully saturated rings. The number of sulfonamides is 1. The summed E-state index contributed by atoms with van der Waals surface area (Å²) in [6.07, 6.45) is 0. The van der Waals surface area contributed by atoms with Gasteiger partial charge in [-0.15, -0.1) is 0 Å². The Kier molecular flexibility index (Phi) is 8.23. The van der Waals surface area contributed by atoms with Crippen molar-refractivity contribution >= 4 is 38.3 Å². The van der Waals surface area contributed by atoms with Gasteiger partial charge in [0.25, 0.3) is 10.0 Å². The number of carbonyl (C=O) groups is 1. The van der Waals surface area contributed by atoms with Crippen LogP contribution in [0, 0.1) is 0 Å². The van der Waals surface area contributed by atoms with Crippen molar-refractivity contribution in [2.24, 2.45) is 4.99 Å². The smallest absolute Gasteiger partial charge is 0.337 e. The third kappa shape index (κ3) is 6.09. The number of benzene rings is 3. The van der Waals surface area contributed by atoms with Crippen molar-refractivity contribution < 1.29 is 27.9 Å². The van der Waals surface area contributed by atoms with Gasteiger partial charge in [-0.3, -0.25) is 4.84 Å². The Hall–Kier alpha value is -4.03. The van der Waals surface area contributed by atoms with E-state index in [-0.39, 0.29) is 17.4 Å². The summed E-state index contributed by atoms with van der Waals surface area (Å²) in [5, 5.41) is 11.5. The molecule has 38 heavy (non-hydrogen) atoms. The molecule has 0 radical (unpaired) electrons. The number of aromatic hydroxyl groups is 1. The predicted octanol–water partition coefficient (Wildman–Crippen LogP) is 3.60. The number of aromatic amines is 1. The van der Waals surface area contributed by atoms with Crippen molar-refractivity contribution in [3.63, 3.8) is 0 Å². The Bertz CT molecular complexity index is 1560. The summed E-state index contributed by atoms with van der Waals surface area (Å²) < 4.78 is 29.9. The van der Waals surface area contributed by atoms with Crippen molar-refractivity contribution in [3.05, 3.63) is 89.5 Å². The second kappa shape index (κ2) is 11.6. The molecule has 0 aliphatic carbocycles. The Morgan fingerprint density at radius 3 is 2.39 bits per heavy atom. The number of carbonyl (C=O) groups excluding carboxylic acids is 1. The molecule has 1 aromatic heterocycles. The van der Waals surface area contributed by atoms with Gasteiger partial charge < -0.3 is 19.7 Å². The van der Waals surface area contributed by atoms with Gasteiger partial charge in [0.2, 0.25) is 0 Å². The zero-order valence-corrected chi connectivity index (χ0v) is 22.0. The van der Waals surface area contributed by atoms with Crippen molar-refractivity contribution in [2.75, 3.05) is 34.4 Å². The lowest BCUT2D eigenvalue weighted by molar-refractivity contribution is 0.0601. The second-order valence-corrected chi connectivity index (χ2v) is 10.3. The highest BCUT2D eigenvalue weighted by Crippen LogP contribution is 2.32. The number of nitrogens with zero attached hydrogens (tertiary/aromatic N) is 2. The molecule has 0 bridgehead atoms. The highest BCUT2D eigenvalue weighted by Gasteiger charge is 2.20. The lowest BCUT2D eigenvalue weighted by atomic mass is 10.00. The van der Waals surface area contributed by atoms with Gasteiger partial charge in [-0.05, 0) is 50.5 Å². The molecule has 0 amide bonds. The number of hydrogen-bond donors (Lipinski definition) is 3. The van der Waals surface area contributed by atoms with Crippen LogP contribution in [0.15, 0.2) is 82.7 Å². The molecule has 1 heterocycles. The van der Waals surface area contributed by atoms with E-state index in [1.807, 2.05) is 49.3 Å². The van der Waals surface area contributed by atoms with E-state index < -0.39 is 16.0 Å². The van der Waals surface area contributed by atoms with E-state index in [2.05, 4.69) is 9.87 Å². The van der Waals surface area contributed by atoms with Gasteiger partial charge in [-0.2, -0.15) is 0 Å². The SMILES string of the molecule is COC(=O)c1ccc2c(C(=Nc3ccc(S(=O)(=O)NOCCN(C)C)cc3)c3ccccc3)c(O)[nH]c2c1. The van der Waals surface area contributed by atoms with E-state index in [4.69, 9.17) is 14.6 Å². The fraction of sp³-hybridized carbons (Fsp3) is 0.185. The summed E-state index contributed by atoms with van der Waals surface area (Å²) in [7, 11) is 1.15. The second-order valence-electron chi connectivity index (χ2n) is 8.66. The van der Waals surface area contributed by atoms with Gasteiger partial charge >= 0.3 is 5.97 Å². The standard InChI is InChI=1S/C27H28N4O6S/c1-31(2)15-16-37-30-38(34,35)21-12-10-20(11-13-21)28-25(18-7-5-4-6-8-18)24-22-14-9-19(27(33)36-3)17-23(22)29-26(24)32/h4-14,17,29-30,32H,15-16H2,1-3H3. The molecule has 0 aliphatic heterocycles. The van der Waals surface area contributed by atoms with Crippen LogP contribution >= 0.6 is 0 Å². The van der Waals surface area contributed by atoms with Crippen LogP contribution in [-0.2, 0) is 19.6 Å². The van der Waals surface area contributed by atoms with E-state index in [1.54, 1.807) is 30.3 Å². The number of aliphatic imine (C=N–C) groups is 1. The highest BCUT2D eigenvalue weighted by atomic mass is 32.2. The molecular weight excluding hydrogens is 508 g/mol. The molecule has 10 nitrogen and oxygen atoms in total. The molecule has 4 aromatic rings. The summed E-state index contributed by atoms with van der Waals surface area (Å²) in [6, 6.07) is 20.2. The number of hydrogen-bond acceptors (Lipinski definition) is 8. The third-order valence-corrected chi connectivity index (χ3v) is 6.91. The van der Waals surface area contributed by atoms with Crippen LogP contribution in [0.5, 0.6) is 5.88 Å². The minimum atomic E-state index is -3.87. The summed E-state index contributed by atoms with van der Waals surface area (Å²) in [4.78, 5) is 28.7.